The molecule has 0 aliphatic heterocycles. The molecule has 1 rings (SSSR count). The van der Waals surface area contributed by atoms with E-state index >= 15 is 0 Å². The van der Waals surface area contributed by atoms with Gasteiger partial charge in [0.2, 0.25) is 0 Å². The predicted molar refractivity (Wildman–Crippen MR) is 42.1 cm³/mol. The Morgan fingerprint density at radius 2 is 2.20 bits per heavy atom. The zero-order chi connectivity index (χ0) is 7.56. The van der Waals surface area contributed by atoms with Crippen molar-refractivity contribution in [3.63, 3.8) is 0 Å². The number of rotatable bonds is 1. The van der Waals surface area contributed by atoms with Crippen molar-refractivity contribution in [2.24, 2.45) is 0 Å². The summed E-state index contributed by atoms with van der Waals surface area (Å²) in [6.45, 7) is 2.01. The molecule has 1 radical (unpaired) electrons. The predicted octanol–water partition coefficient (Wildman–Crippen LogP) is 1.26. The van der Waals surface area contributed by atoms with E-state index in [0.29, 0.717) is 0 Å². The van der Waals surface area contributed by atoms with Crippen LogP contribution in [0.4, 0.5) is 5.82 Å². The minimum atomic E-state index is 0.983. The van der Waals surface area contributed by atoms with E-state index in [1.165, 1.54) is 0 Å². The number of aryl methyl sites for hydroxylation is 1. The van der Waals surface area contributed by atoms with E-state index in [2.05, 4.69) is 11.1 Å². The highest BCUT2D eigenvalue weighted by Crippen LogP contribution is 2.06. The van der Waals surface area contributed by atoms with Crippen molar-refractivity contribution < 1.29 is 0 Å². The Labute approximate surface area is 61.5 Å². The molecule has 0 atom stereocenters. The van der Waals surface area contributed by atoms with Crippen LogP contribution in [0.15, 0.2) is 12.3 Å². The van der Waals surface area contributed by atoms with Gasteiger partial charge in [-0.25, -0.2) is 4.98 Å². The first-order chi connectivity index (χ1) is 4.70. The average Bonchev–Trinajstić information content (AvgIpc) is 1.88. The summed E-state index contributed by atoms with van der Waals surface area (Å²) in [6.07, 6.45) is 1.70. The monoisotopic (exact) mass is 135 g/mol. The van der Waals surface area contributed by atoms with Gasteiger partial charge in [-0.3, -0.25) is 0 Å². The first-order valence-electron chi connectivity index (χ1n) is 3.22. The summed E-state index contributed by atoms with van der Waals surface area (Å²) in [5.74, 6) is 0.983. The first-order valence-corrected chi connectivity index (χ1v) is 3.22. The third-order valence-electron chi connectivity index (χ3n) is 1.29. The molecule has 2 nitrogen and oxygen atoms in total. The maximum absolute atomic E-state index is 4.11. The van der Waals surface area contributed by atoms with Gasteiger partial charge < -0.3 is 4.90 Å². The molecule has 0 fully saturated rings. The first kappa shape index (κ1) is 7.06. The normalized spacial score (nSPS) is 9.50. The third-order valence-corrected chi connectivity index (χ3v) is 1.29. The molecule has 0 N–H and O–H groups in total. The Kier molecular flexibility index (Phi) is 1.90. The van der Waals surface area contributed by atoms with E-state index < -0.39 is 0 Å². The molecule has 1 aromatic rings. The molecule has 1 heterocycles. The van der Waals surface area contributed by atoms with Crippen LogP contribution in [0.3, 0.4) is 0 Å². The highest BCUT2D eigenvalue weighted by molar-refractivity contribution is 5.37. The summed E-state index contributed by atoms with van der Waals surface area (Å²) in [4.78, 5) is 6.08. The second-order valence-corrected chi connectivity index (χ2v) is 2.48. The van der Waals surface area contributed by atoms with Gasteiger partial charge in [-0.2, -0.15) is 0 Å². The largest absolute Gasteiger partial charge is 0.363 e. The number of pyridine rings is 1. The van der Waals surface area contributed by atoms with E-state index in [4.69, 9.17) is 0 Å². The van der Waals surface area contributed by atoms with Gasteiger partial charge in [0.15, 0.2) is 0 Å². The smallest absolute Gasteiger partial charge is 0.128 e. The Morgan fingerprint density at radius 1 is 1.50 bits per heavy atom. The summed E-state index contributed by atoms with van der Waals surface area (Å²) >= 11 is 0. The molecule has 0 saturated carbocycles. The number of anilines is 1. The van der Waals surface area contributed by atoms with Gasteiger partial charge in [-0.05, 0) is 18.6 Å². The molecule has 0 aliphatic rings. The molecule has 0 bridgehead atoms. The van der Waals surface area contributed by atoms with Crippen LogP contribution in [0.5, 0.6) is 0 Å². The summed E-state index contributed by atoms with van der Waals surface area (Å²) in [7, 11) is 3.95. The van der Waals surface area contributed by atoms with Crippen LogP contribution in [0.2, 0.25) is 0 Å². The van der Waals surface area contributed by atoms with Crippen molar-refractivity contribution in [1.29, 1.82) is 0 Å². The van der Waals surface area contributed by atoms with E-state index in [0.717, 1.165) is 11.4 Å². The van der Waals surface area contributed by atoms with Crippen LogP contribution in [0.1, 0.15) is 5.56 Å². The molecule has 0 aromatic carbocycles. The maximum atomic E-state index is 4.11. The second-order valence-electron chi connectivity index (χ2n) is 2.48. The van der Waals surface area contributed by atoms with Crippen LogP contribution in [-0.4, -0.2) is 19.1 Å². The van der Waals surface area contributed by atoms with Crippen molar-refractivity contribution in [3.05, 3.63) is 23.9 Å². The lowest BCUT2D eigenvalue weighted by molar-refractivity contribution is 1.06. The molecule has 1 aromatic heterocycles. The van der Waals surface area contributed by atoms with Gasteiger partial charge in [-0.15, -0.1) is 0 Å². The number of nitrogens with zero attached hydrogens (tertiary/aromatic N) is 2. The minimum absolute atomic E-state index is 0.983. The molecule has 0 aliphatic carbocycles. The van der Waals surface area contributed by atoms with Crippen LogP contribution < -0.4 is 4.90 Å². The summed E-state index contributed by atoms with van der Waals surface area (Å²) in [6, 6.07) is 4.99. The van der Waals surface area contributed by atoms with Crippen LogP contribution >= 0.6 is 0 Å². The molecular formula is C8H11N2. The van der Waals surface area contributed by atoms with Gasteiger partial charge in [-0.1, -0.05) is 0 Å². The molecule has 0 saturated heterocycles. The lowest BCUT2D eigenvalue weighted by Gasteiger charge is -2.10. The molecule has 10 heavy (non-hydrogen) atoms. The maximum Gasteiger partial charge on any atom is 0.128 e. The van der Waals surface area contributed by atoms with Crippen molar-refractivity contribution in [2.75, 3.05) is 19.0 Å². The highest BCUT2D eigenvalue weighted by atomic mass is 15.1. The van der Waals surface area contributed by atoms with Gasteiger partial charge >= 0.3 is 0 Å². The van der Waals surface area contributed by atoms with Crippen molar-refractivity contribution >= 4 is 5.82 Å². The number of hydrogen-bond acceptors (Lipinski definition) is 2. The van der Waals surface area contributed by atoms with Crippen molar-refractivity contribution in [1.82, 2.24) is 4.98 Å². The molecule has 2 heteroatoms. The lowest BCUT2D eigenvalue weighted by atomic mass is 10.3. The zero-order valence-electron chi connectivity index (χ0n) is 6.55. The fourth-order valence-corrected chi connectivity index (χ4v) is 0.717. The SMILES string of the molecule is Cc1[c]cnc(N(C)C)c1. The van der Waals surface area contributed by atoms with E-state index in [1.54, 1.807) is 6.20 Å². The Hall–Kier alpha value is -1.05. The minimum Gasteiger partial charge on any atom is -0.363 e. The molecule has 0 unspecified atom stereocenters. The second kappa shape index (κ2) is 2.69. The van der Waals surface area contributed by atoms with Gasteiger partial charge in [0.25, 0.3) is 0 Å². The average molecular weight is 135 g/mol. The summed E-state index contributed by atoms with van der Waals surface area (Å²) < 4.78 is 0. The quantitative estimate of drug-likeness (QED) is 0.576. The third kappa shape index (κ3) is 1.47. The topological polar surface area (TPSA) is 16.1 Å². The summed E-state index contributed by atoms with van der Waals surface area (Å²) in [5, 5.41) is 0. The van der Waals surface area contributed by atoms with E-state index in [1.807, 2.05) is 32.0 Å². The van der Waals surface area contributed by atoms with Gasteiger partial charge in [0.1, 0.15) is 5.82 Å². The zero-order valence-corrected chi connectivity index (χ0v) is 6.55. The fraction of sp³-hybridized carbons (Fsp3) is 0.375. The van der Waals surface area contributed by atoms with Crippen LogP contribution in [0, 0.1) is 13.0 Å². The molecule has 0 spiro atoms. The number of aromatic nitrogens is 1. The summed E-state index contributed by atoms with van der Waals surface area (Å²) in [5.41, 5.74) is 1.12. The molecule has 0 amide bonds. The van der Waals surface area contributed by atoms with E-state index in [9.17, 15) is 0 Å². The Bertz CT molecular complexity index is 218. The van der Waals surface area contributed by atoms with Crippen LogP contribution in [-0.2, 0) is 0 Å². The Morgan fingerprint density at radius 3 is 2.60 bits per heavy atom. The van der Waals surface area contributed by atoms with E-state index in [-0.39, 0.29) is 0 Å². The van der Waals surface area contributed by atoms with Crippen molar-refractivity contribution in [2.45, 2.75) is 6.92 Å². The fourth-order valence-electron chi connectivity index (χ4n) is 0.717. The molecule has 53 valence electrons. The van der Waals surface area contributed by atoms with Crippen molar-refractivity contribution in [3.8, 4) is 0 Å². The Balaban J connectivity index is 2.96. The van der Waals surface area contributed by atoms with Gasteiger partial charge in [0, 0.05) is 26.4 Å². The standard InChI is InChI=1S/C8H11N2/c1-7-4-5-9-8(6-7)10(2)3/h5-6H,1-3H3. The lowest BCUT2D eigenvalue weighted by Crippen LogP contribution is -2.10. The highest BCUT2D eigenvalue weighted by Gasteiger charge is 1.93. The molecular weight excluding hydrogens is 124 g/mol. The van der Waals surface area contributed by atoms with Crippen LogP contribution in [0.25, 0.3) is 0 Å². The number of hydrogen-bond donors (Lipinski definition) is 0. The van der Waals surface area contributed by atoms with Gasteiger partial charge in [0.05, 0.1) is 0 Å².